The minimum atomic E-state index is -0.517. The Morgan fingerprint density at radius 1 is 1.03 bits per heavy atom. The summed E-state index contributed by atoms with van der Waals surface area (Å²) < 4.78 is 15.4. The van der Waals surface area contributed by atoms with Gasteiger partial charge in [0.2, 0.25) is 5.91 Å². The molecule has 0 atom stereocenters. The van der Waals surface area contributed by atoms with E-state index in [2.05, 4.69) is 4.90 Å². The van der Waals surface area contributed by atoms with Gasteiger partial charge >= 0.3 is 5.69 Å². The average Bonchev–Trinajstić information content (AvgIpc) is 2.84. The van der Waals surface area contributed by atoms with Crippen LogP contribution in [0.25, 0.3) is 0 Å². The van der Waals surface area contributed by atoms with Crippen molar-refractivity contribution in [2.45, 2.75) is 20.3 Å². The molecule has 0 spiro atoms. The topological polar surface area (TPSA) is 87.9 Å². The predicted octanol–water partition coefficient (Wildman–Crippen LogP) is 1.37. The first kappa shape index (κ1) is 26.1. The molecule has 9 nitrogen and oxygen atoms in total. The Morgan fingerprint density at radius 3 is 2.26 bits per heavy atom. The molecule has 2 heterocycles. The first-order chi connectivity index (χ1) is 16.6. The molecular weight excluding hydrogens is 453 g/mol. The second kappa shape index (κ2) is 11.3. The van der Waals surface area contributed by atoms with E-state index in [0.717, 1.165) is 10.1 Å². The molecule has 10 heteroatoms. The summed E-state index contributed by atoms with van der Waals surface area (Å²) in [6.07, 6.45) is 3.46. The molecule has 1 fully saturated rings. The maximum atomic E-state index is 13.2. The highest BCUT2D eigenvalue weighted by molar-refractivity contribution is 5.94. The van der Waals surface area contributed by atoms with Crippen LogP contribution in [-0.2, 0) is 18.9 Å². The molecule has 0 aliphatic carbocycles. The van der Waals surface area contributed by atoms with Crippen molar-refractivity contribution in [1.82, 2.24) is 18.9 Å². The number of benzene rings is 1. The predicted molar refractivity (Wildman–Crippen MR) is 132 cm³/mol. The molecule has 0 bridgehead atoms. The maximum Gasteiger partial charge on any atom is 0.330 e. The Kier molecular flexibility index (Phi) is 8.39. The van der Waals surface area contributed by atoms with Crippen LogP contribution in [-0.4, -0.2) is 70.0 Å². The molecule has 1 aromatic carbocycles. The summed E-state index contributed by atoms with van der Waals surface area (Å²) in [5.41, 5.74) is 0.639. The van der Waals surface area contributed by atoms with Crippen molar-refractivity contribution in [2.75, 3.05) is 44.2 Å². The van der Waals surface area contributed by atoms with E-state index >= 15 is 0 Å². The lowest BCUT2D eigenvalue weighted by Crippen LogP contribution is -2.49. The molecular formula is C25H32FN5O4. The van der Waals surface area contributed by atoms with Gasteiger partial charge in [0.15, 0.2) is 0 Å². The van der Waals surface area contributed by atoms with Crippen LogP contribution < -0.4 is 16.1 Å². The molecule has 2 aromatic rings. The first-order valence-corrected chi connectivity index (χ1v) is 11.6. The largest absolute Gasteiger partial charge is 0.336 e. The fraction of sp³-hybridized carbons (Fsp3) is 0.440. The van der Waals surface area contributed by atoms with Crippen LogP contribution in [0.2, 0.25) is 0 Å². The lowest BCUT2D eigenvalue weighted by molar-refractivity contribution is -0.118. The monoisotopic (exact) mass is 485 g/mol. The summed E-state index contributed by atoms with van der Waals surface area (Å²) in [5.74, 6) is -0.743. The van der Waals surface area contributed by atoms with E-state index in [1.54, 1.807) is 11.9 Å². The van der Waals surface area contributed by atoms with Gasteiger partial charge in [0.05, 0.1) is 0 Å². The van der Waals surface area contributed by atoms with Crippen LogP contribution in [0.1, 0.15) is 30.6 Å². The van der Waals surface area contributed by atoms with Gasteiger partial charge in [-0.3, -0.25) is 23.9 Å². The molecule has 1 aliphatic heterocycles. The minimum absolute atomic E-state index is 0.140. The smallest absolute Gasteiger partial charge is 0.330 e. The third kappa shape index (κ3) is 6.33. The van der Waals surface area contributed by atoms with Crippen molar-refractivity contribution in [3.8, 4) is 0 Å². The van der Waals surface area contributed by atoms with E-state index in [9.17, 15) is 23.6 Å². The number of allylic oxidation sites excluding steroid dienone is 1. The SMILES string of the molecule is CC(C)=CCN(C(=O)CCN1CCN(C(=O)c2ccc(F)cc2)CC1)c1cn(C)c(=O)n(C)c1=O. The molecule has 1 aliphatic rings. The molecule has 0 N–H and O–H groups in total. The fourth-order valence-corrected chi connectivity index (χ4v) is 3.92. The van der Waals surface area contributed by atoms with Crippen molar-refractivity contribution in [3.05, 3.63) is 74.3 Å². The molecule has 3 rings (SSSR count). The lowest BCUT2D eigenvalue weighted by Gasteiger charge is -2.35. The van der Waals surface area contributed by atoms with Crippen molar-refractivity contribution in [1.29, 1.82) is 0 Å². The Bertz CT molecular complexity index is 1220. The highest BCUT2D eigenvalue weighted by atomic mass is 19.1. The van der Waals surface area contributed by atoms with E-state index in [0.29, 0.717) is 38.3 Å². The van der Waals surface area contributed by atoms with Crippen LogP contribution in [0.4, 0.5) is 10.1 Å². The Hall–Kier alpha value is -3.53. The molecule has 2 amide bonds. The number of halogens is 1. The summed E-state index contributed by atoms with van der Waals surface area (Å²) in [6.45, 7) is 6.76. The first-order valence-electron chi connectivity index (χ1n) is 11.6. The number of hydrogen-bond donors (Lipinski definition) is 0. The number of amides is 2. The summed E-state index contributed by atoms with van der Waals surface area (Å²) in [7, 11) is 2.94. The van der Waals surface area contributed by atoms with Crippen LogP contribution in [0, 0.1) is 5.82 Å². The van der Waals surface area contributed by atoms with Crippen molar-refractivity contribution >= 4 is 17.5 Å². The molecule has 0 saturated carbocycles. The van der Waals surface area contributed by atoms with E-state index in [4.69, 9.17) is 0 Å². The van der Waals surface area contributed by atoms with Gasteiger partial charge < -0.3 is 14.4 Å². The summed E-state index contributed by atoms with van der Waals surface area (Å²) in [6, 6.07) is 5.50. The van der Waals surface area contributed by atoms with Gasteiger partial charge in [-0.15, -0.1) is 0 Å². The highest BCUT2D eigenvalue weighted by Crippen LogP contribution is 2.13. The molecule has 0 radical (unpaired) electrons. The van der Waals surface area contributed by atoms with Gasteiger partial charge in [-0.05, 0) is 38.1 Å². The standard InChI is InChI=1S/C25H32FN5O4/c1-18(2)9-12-31(21-17-27(3)25(35)28(4)24(21)34)22(32)10-11-29-13-15-30(16-14-29)23(33)19-5-7-20(26)8-6-19/h5-9,17H,10-16H2,1-4H3. The number of rotatable bonds is 7. The molecule has 0 unspecified atom stereocenters. The quantitative estimate of drug-likeness (QED) is 0.553. The number of piperazine rings is 1. The lowest BCUT2D eigenvalue weighted by atomic mass is 10.1. The number of nitrogens with zero attached hydrogens (tertiary/aromatic N) is 5. The van der Waals surface area contributed by atoms with E-state index in [1.807, 2.05) is 19.9 Å². The van der Waals surface area contributed by atoms with Crippen molar-refractivity contribution in [3.63, 3.8) is 0 Å². The molecule has 1 aromatic heterocycles. The Morgan fingerprint density at radius 2 is 1.66 bits per heavy atom. The van der Waals surface area contributed by atoms with Gasteiger partial charge in [0.1, 0.15) is 11.5 Å². The maximum absolute atomic E-state index is 13.2. The third-order valence-corrected chi connectivity index (χ3v) is 6.09. The van der Waals surface area contributed by atoms with Gasteiger partial charge in [-0.2, -0.15) is 0 Å². The number of hydrogen-bond acceptors (Lipinski definition) is 5. The number of aromatic nitrogens is 2. The number of carbonyl (C=O) groups is 2. The highest BCUT2D eigenvalue weighted by Gasteiger charge is 2.24. The van der Waals surface area contributed by atoms with E-state index < -0.39 is 11.2 Å². The van der Waals surface area contributed by atoms with Gasteiger partial charge in [-0.25, -0.2) is 9.18 Å². The van der Waals surface area contributed by atoms with Gasteiger partial charge in [0, 0.05) is 71.5 Å². The number of carbonyl (C=O) groups excluding carboxylic acids is 2. The van der Waals surface area contributed by atoms with Crippen LogP contribution >= 0.6 is 0 Å². The van der Waals surface area contributed by atoms with Crippen molar-refractivity contribution < 1.29 is 14.0 Å². The summed E-state index contributed by atoms with van der Waals surface area (Å²) >= 11 is 0. The zero-order chi connectivity index (χ0) is 25.7. The second-order valence-electron chi connectivity index (χ2n) is 8.95. The normalized spacial score (nSPS) is 14.0. The van der Waals surface area contributed by atoms with E-state index in [1.165, 1.54) is 47.0 Å². The van der Waals surface area contributed by atoms with Gasteiger partial charge in [0.25, 0.3) is 11.5 Å². The van der Waals surface area contributed by atoms with Crippen LogP contribution in [0.5, 0.6) is 0 Å². The third-order valence-electron chi connectivity index (χ3n) is 6.09. The number of anilines is 1. The average molecular weight is 486 g/mol. The Balaban J connectivity index is 1.64. The van der Waals surface area contributed by atoms with Crippen molar-refractivity contribution in [2.24, 2.45) is 14.1 Å². The minimum Gasteiger partial charge on any atom is -0.336 e. The molecule has 188 valence electrons. The summed E-state index contributed by atoms with van der Waals surface area (Å²) in [5, 5.41) is 0. The zero-order valence-electron chi connectivity index (χ0n) is 20.7. The Labute approximate surface area is 203 Å². The summed E-state index contributed by atoms with van der Waals surface area (Å²) in [4.78, 5) is 55.9. The number of aryl methyl sites for hydroxylation is 1. The zero-order valence-corrected chi connectivity index (χ0v) is 20.7. The molecule has 1 saturated heterocycles. The van der Waals surface area contributed by atoms with Crippen LogP contribution in [0.3, 0.4) is 0 Å². The second-order valence-corrected chi connectivity index (χ2v) is 8.95. The fourth-order valence-electron chi connectivity index (χ4n) is 3.92. The van der Waals surface area contributed by atoms with Crippen LogP contribution in [0.15, 0.2) is 51.7 Å². The van der Waals surface area contributed by atoms with E-state index in [-0.39, 0.29) is 36.3 Å². The van der Waals surface area contributed by atoms with Gasteiger partial charge in [-0.1, -0.05) is 11.6 Å². The molecule has 35 heavy (non-hydrogen) atoms.